The first-order valence-electron chi connectivity index (χ1n) is 8.19. The Morgan fingerprint density at radius 2 is 2.04 bits per heavy atom. The van der Waals surface area contributed by atoms with Crippen LogP contribution in [0.5, 0.6) is 0 Å². The molecular formula is C17H23N5O. The normalized spacial score (nSPS) is 11.7. The van der Waals surface area contributed by atoms with E-state index in [9.17, 15) is 0 Å². The third-order valence-corrected chi connectivity index (χ3v) is 3.68. The van der Waals surface area contributed by atoms with Gasteiger partial charge < -0.3 is 10.1 Å². The molecule has 1 N–H and O–H groups in total. The molecule has 2 aromatic heterocycles. The Hall–Kier alpha value is -2.21. The van der Waals surface area contributed by atoms with Gasteiger partial charge in [-0.25, -0.2) is 4.98 Å². The van der Waals surface area contributed by atoms with E-state index in [0.29, 0.717) is 0 Å². The number of fused-ring (bicyclic) bond motifs is 3. The summed E-state index contributed by atoms with van der Waals surface area (Å²) in [5.74, 6) is 1.73. The van der Waals surface area contributed by atoms with Crippen molar-refractivity contribution >= 4 is 22.5 Å². The molecule has 0 atom stereocenters. The highest BCUT2D eigenvalue weighted by molar-refractivity contribution is 5.82. The molecule has 0 fully saturated rings. The minimum Gasteiger partial charge on any atom is -0.379 e. The Bertz CT molecular complexity index is 796. The maximum absolute atomic E-state index is 5.57. The fraction of sp³-hybridized carbons (Fsp3) is 0.471. The topological polar surface area (TPSA) is 64.3 Å². The molecule has 0 radical (unpaired) electrons. The molecule has 0 aliphatic heterocycles. The standard InChI is InChI=1S/C17H23N5O/c1-4-15-20-21-17-16(18-10-7-11-23-12(2)3)19-13-8-5-6-9-14(13)22(15)17/h5-6,8-9,12H,4,7,10-11H2,1-3H3,(H,18,19). The van der Waals surface area contributed by atoms with Crippen molar-refractivity contribution in [3.8, 4) is 0 Å². The fourth-order valence-electron chi connectivity index (χ4n) is 2.59. The average Bonchev–Trinajstić information content (AvgIpc) is 2.98. The van der Waals surface area contributed by atoms with E-state index >= 15 is 0 Å². The molecular weight excluding hydrogens is 290 g/mol. The number of ether oxygens (including phenoxy) is 1. The van der Waals surface area contributed by atoms with Crippen LogP contribution in [0.25, 0.3) is 16.7 Å². The summed E-state index contributed by atoms with van der Waals surface area (Å²) in [5.41, 5.74) is 2.76. The summed E-state index contributed by atoms with van der Waals surface area (Å²) < 4.78 is 7.66. The third-order valence-electron chi connectivity index (χ3n) is 3.68. The van der Waals surface area contributed by atoms with Gasteiger partial charge >= 0.3 is 0 Å². The number of nitrogens with one attached hydrogen (secondary N) is 1. The number of anilines is 1. The van der Waals surface area contributed by atoms with E-state index in [1.54, 1.807) is 0 Å². The fourth-order valence-corrected chi connectivity index (χ4v) is 2.59. The van der Waals surface area contributed by atoms with E-state index in [1.165, 1.54) is 0 Å². The zero-order chi connectivity index (χ0) is 16.2. The molecule has 0 bridgehead atoms. The molecule has 0 aliphatic rings. The van der Waals surface area contributed by atoms with E-state index in [0.717, 1.165) is 54.3 Å². The van der Waals surface area contributed by atoms with Crippen molar-refractivity contribution in [1.82, 2.24) is 19.6 Å². The minimum absolute atomic E-state index is 0.268. The molecule has 0 spiro atoms. The number of nitrogens with zero attached hydrogens (tertiary/aromatic N) is 4. The maximum Gasteiger partial charge on any atom is 0.204 e. The summed E-state index contributed by atoms with van der Waals surface area (Å²) in [4.78, 5) is 4.71. The number of para-hydroxylation sites is 2. The van der Waals surface area contributed by atoms with Gasteiger partial charge in [-0.2, -0.15) is 0 Å². The van der Waals surface area contributed by atoms with E-state index in [2.05, 4.69) is 32.9 Å². The van der Waals surface area contributed by atoms with Crippen molar-refractivity contribution < 1.29 is 4.74 Å². The molecule has 1 aromatic carbocycles. The monoisotopic (exact) mass is 313 g/mol. The number of hydrogen-bond donors (Lipinski definition) is 1. The van der Waals surface area contributed by atoms with Gasteiger partial charge in [0.15, 0.2) is 5.82 Å². The Labute approximate surface area is 135 Å². The number of hydrogen-bond acceptors (Lipinski definition) is 5. The first-order valence-corrected chi connectivity index (χ1v) is 8.19. The zero-order valence-corrected chi connectivity index (χ0v) is 13.9. The first-order chi connectivity index (χ1) is 11.2. The smallest absolute Gasteiger partial charge is 0.204 e. The molecule has 6 heteroatoms. The molecule has 3 rings (SSSR count). The van der Waals surface area contributed by atoms with Gasteiger partial charge in [0, 0.05) is 19.6 Å². The molecule has 0 saturated carbocycles. The first kappa shape index (κ1) is 15.7. The molecule has 6 nitrogen and oxygen atoms in total. The van der Waals surface area contributed by atoms with Crippen LogP contribution in [0.3, 0.4) is 0 Å². The van der Waals surface area contributed by atoms with Crippen LogP contribution < -0.4 is 5.32 Å². The highest BCUT2D eigenvalue weighted by Gasteiger charge is 2.13. The van der Waals surface area contributed by atoms with Gasteiger partial charge in [0.2, 0.25) is 5.65 Å². The summed E-state index contributed by atoms with van der Waals surface area (Å²) in [5, 5.41) is 12.0. The Morgan fingerprint density at radius 3 is 2.83 bits per heavy atom. The van der Waals surface area contributed by atoms with Crippen molar-refractivity contribution in [2.45, 2.75) is 39.7 Å². The second-order valence-electron chi connectivity index (χ2n) is 5.78. The second kappa shape index (κ2) is 6.91. The molecule has 23 heavy (non-hydrogen) atoms. The summed E-state index contributed by atoms with van der Waals surface area (Å²) in [6.45, 7) is 7.71. The number of aryl methyl sites for hydroxylation is 1. The van der Waals surface area contributed by atoms with Gasteiger partial charge in [0.1, 0.15) is 5.82 Å². The van der Waals surface area contributed by atoms with Gasteiger partial charge in [0.05, 0.1) is 17.1 Å². The molecule has 2 heterocycles. The lowest BCUT2D eigenvalue weighted by atomic mass is 10.3. The zero-order valence-electron chi connectivity index (χ0n) is 13.9. The number of aromatic nitrogens is 4. The van der Waals surface area contributed by atoms with Gasteiger partial charge in [-0.05, 0) is 32.4 Å². The van der Waals surface area contributed by atoms with Crippen molar-refractivity contribution in [2.24, 2.45) is 0 Å². The van der Waals surface area contributed by atoms with E-state index in [-0.39, 0.29) is 6.10 Å². The highest BCUT2D eigenvalue weighted by atomic mass is 16.5. The predicted octanol–water partition coefficient (Wildman–Crippen LogP) is 3.07. The second-order valence-corrected chi connectivity index (χ2v) is 5.78. The van der Waals surface area contributed by atoms with Gasteiger partial charge in [0.25, 0.3) is 0 Å². The Balaban J connectivity index is 1.88. The molecule has 0 aliphatic carbocycles. The molecule has 0 unspecified atom stereocenters. The number of rotatable bonds is 7. The van der Waals surface area contributed by atoms with E-state index < -0.39 is 0 Å². The molecule has 0 saturated heterocycles. The highest BCUT2D eigenvalue weighted by Crippen LogP contribution is 2.21. The van der Waals surface area contributed by atoms with Crippen molar-refractivity contribution in [1.29, 1.82) is 0 Å². The van der Waals surface area contributed by atoms with Crippen LogP contribution in [0.2, 0.25) is 0 Å². The predicted molar refractivity (Wildman–Crippen MR) is 91.9 cm³/mol. The van der Waals surface area contributed by atoms with Crippen molar-refractivity contribution in [3.05, 3.63) is 30.1 Å². The van der Waals surface area contributed by atoms with Crippen LogP contribution in [0.1, 0.15) is 33.0 Å². The summed E-state index contributed by atoms with van der Waals surface area (Å²) in [6, 6.07) is 8.08. The quantitative estimate of drug-likeness (QED) is 0.679. The minimum atomic E-state index is 0.268. The summed E-state index contributed by atoms with van der Waals surface area (Å²) in [7, 11) is 0. The van der Waals surface area contributed by atoms with Crippen LogP contribution in [0.4, 0.5) is 5.82 Å². The largest absolute Gasteiger partial charge is 0.379 e. The third kappa shape index (κ3) is 3.27. The maximum atomic E-state index is 5.57. The molecule has 3 aromatic rings. The molecule has 0 amide bonds. The lowest BCUT2D eigenvalue weighted by Crippen LogP contribution is -2.11. The number of benzene rings is 1. The van der Waals surface area contributed by atoms with Gasteiger partial charge in [-0.15, -0.1) is 10.2 Å². The summed E-state index contributed by atoms with van der Waals surface area (Å²) >= 11 is 0. The lowest BCUT2D eigenvalue weighted by molar-refractivity contribution is 0.0787. The van der Waals surface area contributed by atoms with E-state index in [1.807, 2.05) is 32.0 Å². The van der Waals surface area contributed by atoms with E-state index in [4.69, 9.17) is 9.72 Å². The van der Waals surface area contributed by atoms with Crippen LogP contribution in [0.15, 0.2) is 24.3 Å². The van der Waals surface area contributed by atoms with Crippen LogP contribution in [0, 0.1) is 0 Å². The van der Waals surface area contributed by atoms with Crippen molar-refractivity contribution in [3.63, 3.8) is 0 Å². The molecule has 122 valence electrons. The SMILES string of the molecule is CCc1nnc2c(NCCCOC(C)C)nc3ccccc3n12. The summed E-state index contributed by atoms with van der Waals surface area (Å²) in [6.07, 6.45) is 2.02. The average molecular weight is 313 g/mol. The Kier molecular flexibility index (Phi) is 4.71. The van der Waals surface area contributed by atoms with Crippen LogP contribution in [-0.4, -0.2) is 38.8 Å². The Morgan fingerprint density at radius 1 is 1.22 bits per heavy atom. The van der Waals surface area contributed by atoms with Crippen LogP contribution in [-0.2, 0) is 11.2 Å². The lowest BCUT2D eigenvalue weighted by Gasteiger charge is -2.11. The van der Waals surface area contributed by atoms with Crippen molar-refractivity contribution in [2.75, 3.05) is 18.5 Å². The van der Waals surface area contributed by atoms with Crippen LogP contribution >= 0.6 is 0 Å². The van der Waals surface area contributed by atoms with Gasteiger partial charge in [-0.3, -0.25) is 4.40 Å². The van der Waals surface area contributed by atoms with Gasteiger partial charge in [-0.1, -0.05) is 19.1 Å².